The summed E-state index contributed by atoms with van der Waals surface area (Å²) in [4.78, 5) is 12.5. The van der Waals surface area contributed by atoms with E-state index in [2.05, 4.69) is 15.2 Å². The number of nitrogens with zero attached hydrogens (tertiary/aromatic N) is 1. The second-order valence-corrected chi connectivity index (χ2v) is 8.82. The third-order valence-electron chi connectivity index (χ3n) is 4.79. The molecule has 0 unspecified atom stereocenters. The normalized spacial score (nSPS) is 11.5. The Bertz CT molecular complexity index is 1480. The maximum absolute atomic E-state index is 12.8. The van der Waals surface area contributed by atoms with Crippen LogP contribution >= 0.6 is 0 Å². The number of sulfonamides is 1. The van der Waals surface area contributed by atoms with Crippen molar-refractivity contribution < 1.29 is 23.4 Å². The van der Waals surface area contributed by atoms with Gasteiger partial charge < -0.3 is 10.2 Å². The molecule has 9 heteroatoms. The maximum atomic E-state index is 12.8. The molecule has 0 atom stereocenters. The number of fused-ring (bicyclic) bond motifs is 1. The number of hydrogen-bond acceptors (Lipinski definition) is 6. The Labute approximate surface area is 189 Å². The fourth-order valence-electron chi connectivity index (χ4n) is 3.12. The summed E-state index contributed by atoms with van der Waals surface area (Å²) in [5.74, 6) is -1.13. The minimum Gasteiger partial charge on any atom is -0.504 e. The van der Waals surface area contributed by atoms with E-state index in [1.807, 2.05) is 24.3 Å². The molecular formula is C24H19N3O5S. The van der Waals surface area contributed by atoms with Crippen molar-refractivity contribution >= 4 is 38.6 Å². The van der Waals surface area contributed by atoms with E-state index in [0.29, 0.717) is 5.56 Å². The van der Waals surface area contributed by atoms with Crippen molar-refractivity contribution in [2.75, 3.05) is 4.72 Å². The topological polar surface area (TPSA) is 128 Å². The Morgan fingerprint density at radius 3 is 2.39 bits per heavy atom. The lowest BCUT2D eigenvalue weighted by Crippen LogP contribution is -2.18. The molecule has 4 aromatic rings. The number of carbonyl (C=O) groups excluding carboxylic acids is 1. The molecule has 4 aromatic carbocycles. The molecule has 0 aromatic heterocycles. The van der Waals surface area contributed by atoms with Crippen LogP contribution in [0.1, 0.15) is 15.9 Å². The zero-order valence-electron chi connectivity index (χ0n) is 17.1. The van der Waals surface area contributed by atoms with Gasteiger partial charge in [0.1, 0.15) is 0 Å². The molecule has 33 heavy (non-hydrogen) atoms. The first-order valence-electron chi connectivity index (χ1n) is 9.79. The van der Waals surface area contributed by atoms with Gasteiger partial charge in [0.2, 0.25) is 0 Å². The number of rotatable bonds is 6. The van der Waals surface area contributed by atoms with Gasteiger partial charge in [0.25, 0.3) is 15.9 Å². The Hall–Kier alpha value is -4.37. The van der Waals surface area contributed by atoms with Crippen molar-refractivity contribution in [2.24, 2.45) is 5.10 Å². The van der Waals surface area contributed by atoms with E-state index in [1.54, 1.807) is 18.2 Å². The molecular weight excluding hydrogens is 442 g/mol. The summed E-state index contributed by atoms with van der Waals surface area (Å²) in [6.45, 7) is 0. The molecule has 0 bridgehead atoms. The van der Waals surface area contributed by atoms with Crippen LogP contribution in [0.4, 0.5) is 5.69 Å². The highest BCUT2D eigenvalue weighted by molar-refractivity contribution is 7.92. The van der Waals surface area contributed by atoms with Gasteiger partial charge in [-0.3, -0.25) is 9.52 Å². The van der Waals surface area contributed by atoms with Crippen molar-refractivity contribution in [3.05, 3.63) is 96.1 Å². The summed E-state index contributed by atoms with van der Waals surface area (Å²) in [6.07, 6.45) is 1.29. The van der Waals surface area contributed by atoms with Gasteiger partial charge in [-0.05, 0) is 64.9 Å². The largest absolute Gasteiger partial charge is 0.504 e. The van der Waals surface area contributed by atoms with Gasteiger partial charge >= 0.3 is 0 Å². The number of amides is 1. The molecule has 0 aliphatic heterocycles. The smallest absolute Gasteiger partial charge is 0.271 e. The van der Waals surface area contributed by atoms with Gasteiger partial charge in [0.15, 0.2) is 11.5 Å². The summed E-state index contributed by atoms with van der Waals surface area (Å²) >= 11 is 0. The number of phenolic OH excluding ortho intramolecular Hbond substituents is 2. The minimum absolute atomic E-state index is 0.109. The van der Waals surface area contributed by atoms with Crippen LogP contribution < -0.4 is 10.1 Å². The maximum Gasteiger partial charge on any atom is 0.271 e. The molecule has 0 heterocycles. The highest BCUT2D eigenvalue weighted by atomic mass is 32.2. The molecule has 0 saturated carbocycles. The number of nitrogens with one attached hydrogen (secondary N) is 2. The first-order chi connectivity index (χ1) is 15.8. The van der Waals surface area contributed by atoms with Crippen molar-refractivity contribution in [1.29, 1.82) is 0 Å². The molecule has 0 aliphatic carbocycles. The monoisotopic (exact) mass is 461 g/mol. The first kappa shape index (κ1) is 21.8. The summed E-state index contributed by atoms with van der Waals surface area (Å²) in [5.41, 5.74) is 3.21. The second-order valence-electron chi connectivity index (χ2n) is 7.14. The van der Waals surface area contributed by atoms with Crippen LogP contribution in [0, 0.1) is 0 Å². The Morgan fingerprint density at radius 1 is 0.818 bits per heavy atom. The van der Waals surface area contributed by atoms with Gasteiger partial charge in [-0.25, -0.2) is 13.8 Å². The fraction of sp³-hybridized carbons (Fsp3) is 0. The summed E-state index contributed by atoms with van der Waals surface area (Å²) in [7, 11) is -3.86. The second kappa shape index (κ2) is 9.01. The van der Waals surface area contributed by atoms with Crippen LogP contribution in [0.2, 0.25) is 0 Å². The van der Waals surface area contributed by atoms with E-state index in [4.69, 9.17) is 0 Å². The number of phenols is 2. The molecule has 0 radical (unpaired) electrons. The van der Waals surface area contributed by atoms with Gasteiger partial charge in [-0.15, -0.1) is 0 Å². The lowest BCUT2D eigenvalue weighted by atomic mass is 10.1. The van der Waals surface area contributed by atoms with Crippen molar-refractivity contribution in [2.45, 2.75) is 4.90 Å². The zero-order valence-corrected chi connectivity index (χ0v) is 18.0. The van der Waals surface area contributed by atoms with Crippen LogP contribution in [-0.2, 0) is 10.0 Å². The fourth-order valence-corrected chi connectivity index (χ4v) is 4.21. The Kier molecular flexibility index (Phi) is 5.97. The van der Waals surface area contributed by atoms with E-state index in [1.165, 1.54) is 48.7 Å². The number of anilines is 1. The third kappa shape index (κ3) is 5.10. The zero-order chi connectivity index (χ0) is 23.4. The molecule has 166 valence electrons. The predicted octanol–water partition coefficient (Wildman–Crippen LogP) is 3.82. The predicted molar refractivity (Wildman–Crippen MR) is 126 cm³/mol. The first-order valence-corrected chi connectivity index (χ1v) is 11.3. The average molecular weight is 461 g/mol. The molecule has 8 nitrogen and oxygen atoms in total. The van der Waals surface area contributed by atoms with E-state index in [0.717, 1.165) is 10.8 Å². The van der Waals surface area contributed by atoms with Gasteiger partial charge in [0, 0.05) is 11.3 Å². The number of hydrazone groups is 1. The summed E-state index contributed by atoms with van der Waals surface area (Å²) in [5, 5.41) is 24.4. The lowest BCUT2D eigenvalue weighted by Gasteiger charge is -2.10. The van der Waals surface area contributed by atoms with E-state index < -0.39 is 15.9 Å². The van der Waals surface area contributed by atoms with Crippen LogP contribution in [0.25, 0.3) is 10.8 Å². The molecule has 1 amide bonds. The van der Waals surface area contributed by atoms with Crippen molar-refractivity contribution in [3.63, 3.8) is 0 Å². The molecule has 4 N–H and O–H groups in total. The van der Waals surface area contributed by atoms with Crippen molar-refractivity contribution in [3.8, 4) is 11.5 Å². The minimum atomic E-state index is -3.86. The number of benzene rings is 4. The van der Waals surface area contributed by atoms with Gasteiger partial charge in [-0.1, -0.05) is 36.4 Å². The molecule has 0 spiro atoms. The van der Waals surface area contributed by atoms with Crippen LogP contribution in [-0.4, -0.2) is 30.8 Å². The number of hydrogen-bond donors (Lipinski definition) is 4. The Morgan fingerprint density at radius 2 is 1.61 bits per heavy atom. The van der Waals surface area contributed by atoms with Gasteiger partial charge in [-0.2, -0.15) is 5.10 Å². The van der Waals surface area contributed by atoms with Crippen LogP contribution in [0.3, 0.4) is 0 Å². The van der Waals surface area contributed by atoms with Crippen LogP contribution in [0.5, 0.6) is 11.5 Å². The summed E-state index contributed by atoms with van der Waals surface area (Å²) in [6, 6.07) is 22.4. The Balaban J connectivity index is 1.47. The number of carbonyl (C=O) groups is 1. The molecule has 0 saturated heterocycles. The average Bonchev–Trinajstić information content (AvgIpc) is 2.81. The quantitative estimate of drug-likeness (QED) is 0.197. The highest BCUT2D eigenvalue weighted by Gasteiger charge is 2.16. The summed E-state index contributed by atoms with van der Waals surface area (Å²) < 4.78 is 28.2. The van der Waals surface area contributed by atoms with E-state index >= 15 is 0 Å². The molecule has 4 rings (SSSR count). The van der Waals surface area contributed by atoms with E-state index in [-0.39, 0.29) is 27.6 Å². The third-order valence-corrected chi connectivity index (χ3v) is 6.17. The van der Waals surface area contributed by atoms with Crippen LogP contribution in [0.15, 0.2) is 94.9 Å². The standard InChI is InChI=1S/C24H19N3O5S/c28-22-11-8-16(12-23(22)29)15-25-26-24(30)19-6-3-7-20(13-19)27-33(31,32)21-10-9-17-4-1-2-5-18(17)14-21/h1-15,27-29H,(H,26,30). The van der Waals surface area contributed by atoms with Gasteiger partial charge in [0.05, 0.1) is 11.1 Å². The highest BCUT2D eigenvalue weighted by Crippen LogP contribution is 2.24. The SMILES string of the molecule is O=C(NN=Cc1ccc(O)c(O)c1)c1cccc(NS(=O)(=O)c2ccc3ccccc3c2)c1. The molecule has 0 fully saturated rings. The number of aromatic hydroxyl groups is 2. The van der Waals surface area contributed by atoms with E-state index in [9.17, 15) is 23.4 Å². The van der Waals surface area contributed by atoms with Crippen molar-refractivity contribution in [1.82, 2.24) is 5.43 Å². The molecule has 0 aliphatic rings. The lowest BCUT2D eigenvalue weighted by molar-refractivity contribution is 0.0955.